The second-order valence-corrected chi connectivity index (χ2v) is 16.6. The lowest BCUT2D eigenvalue weighted by molar-refractivity contribution is 0.673. The zero-order chi connectivity index (χ0) is 40.3. The van der Waals surface area contributed by atoms with Crippen molar-refractivity contribution in [2.45, 2.75) is 0 Å². The first kappa shape index (κ1) is 35.2. The molecular formula is C58H37NOS. The van der Waals surface area contributed by atoms with Gasteiger partial charge in [-0.15, -0.1) is 11.3 Å². The van der Waals surface area contributed by atoms with Gasteiger partial charge in [-0.25, -0.2) is 0 Å². The molecule has 286 valence electrons. The topological polar surface area (TPSA) is 16.4 Å². The van der Waals surface area contributed by atoms with Crippen molar-refractivity contribution in [3.05, 3.63) is 224 Å². The number of para-hydroxylation sites is 1. The highest BCUT2D eigenvalue weighted by Gasteiger charge is 2.23. The molecule has 0 amide bonds. The smallest absolute Gasteiger partial charge is 0.143 e. The van der Waals surface area contributed by atoms with Crippen LogP contribution in [-0.2, 0) is 0 Å². The molecule has 0 N–H and O–H groups in total. The van der Waals surface area contributed by atoms with E-state index >= 15 is 0 Å². The number of hydrogen-bond donors (Lipinski definition) is 0. The van der Waals surface area contributed by atoms with Gasteiger partial charge in [0.2, 0.25) is 0 Å². The van der Waals surface area contributed by atoms with Gasteiger partial charge in [0.15, 0.2) is 0 Å². The number of nitrogens with zero attached hydrogens (tertiary/aromatic N) is 1. The molecule has 0 saturated heterocycles. The van der Waals surface area contributed by atoms with Gasteiger partial charge in [-0.1, -0.05) is 176 Å². The minimum absolute atomic E-state index is 0.892. The van der Waals surface area contributed by atoms with Crippen LogP contribution in [0.1, 0.15) is 0 Å². The summed E-state index contributed by atoms with van der Waals surface area (Å²) in [6, 6.07) is 81.0. The predicted octanol–water partition coefficient (Wildman–Crippen LogP) is 17.2. The molecule has 0 aliphatic rings. The summed E-state index contributed by atoms with van der Waals surface area (Å²) in [5.74, 6) is 0. The van der Waals surface area contributed by atoms with E-state index in [9.17, 15) is 0 Å². The lowest BCUT2D eigenvalue weighted by Crippen LogP contribution is -2.09. The van der Waals surface area contributed by atoms with Crippen molar-refractivity contribution in [2.24, 2.45) is 0 Å². The SMILES string of the molecule is c1ccc(-c2ccc(N(c3ccc(-c4cccc5c4sc4ccccc45)cc3)c3ccc(-c4c(-c5ccccc5)c5ccccc5c5oc6ccccc6c45)cc3)cc2)cc1. The van der Waals surface area contributed by atoms with Crippen molar-refractivity contribution in [1.82, 2.24) is 0 Å². The first-order chi connectivity index (χ1) is 30.3. The van der Waals surface area contributed by atoms with Gasteiger partial charge < -0.3 is 9.32 Å². The van der Waals surface area contributed by atoms with Crippen molar-refractivity contribution < 1.29 is 4.42 Å². The minimum Gasteiger partial charge on any atom is -0.455 e. The molecule has 10 aromatic carbocycles. The fourth-order valence-electron chi connectivity index (χ4n) is 9.26. The van der Waals surface area contributed by atoms with E-state index in [4.69, 9.17) is 4.42 Å². The third-order valence-electron chi connectivity index (χ3n) is 12.1. The van der Waals surface area contributed by atoms with Crippen LogP contribution in [0.4, 0.5) is 17.1 Å². The maximum Gasteiger partial charge on any atom is 0.143 e. The Balaban J connectivity index is 1.02. The number of furan rings is 1. The summed E-state index contributed by atoms with van der Waals surface area (Å²) in [6.07, 6.45) is 0. The third kappa shape index (κ3) is 5.93. The lowest BCUT2D eigenvalue weighted by Gasteiger charge is -2.26. The highest BCUT2D eigenvalue weighted by molar-refractivity contribution is 7.26. The fraction of sp³-hybridized carbons (Fsp3) is 0. The molecule has 0 aliphatic heterocycles. The van der Waals surface area contributed by atoms with E-state index in [1.54, 1.807) is 0 Å². The van der Waals surface area contributed by atoms with Crippen LogP contribution < -0.4 is 4.90 Å². The van der Waals surface area contributed by atoms with E-state index in [1.807, 2.05) is 11.3 Å². The van der Waals surface area contributed by atoms with Crippen LogP contribution in [0.2, 0.25) is 0 Å². The number of benzene rings is 10. The van der Waals surface area contributed by atoms with Crippen molar-refractivity contribution in [3.63, 3.8) is 0 Å². The highest BCUT2D eigenvalue weighted by Crippen LogP contribution is 2.49. The van der Waals surface area contributed by atoms with E-state index in [2.05, 4.69) is 229 Å². The summed E-state index contributed by atoms with van der Waals surface area (Å²) in [5.41, 5.74) is 14.6. The molecule has 0 fully saturated rings. The standard InChI is InChI=1S/C58H37NOS/c1-3-14-38(15-4-1)39-26-32-43(33-27-39)59(44-34-28-40(29-35-44)46-22-13-23-50-47-18-10-12-25-53(47)61-58(46)50)45-36-30-42(31-37-45)55-54(41-16-5-2-6-17-41)48-19-7-8-20-49(48)57-56(55)51-21-9-11-24-52(51)60-57/h1-37H. The van der Waals surface area contributed by atoms with Gasteiger partial charge in [0.05, 0.1) is 0 Å². The van der Waals surface area contributed by atoms with Crippen molar-refractivity contribution in [3.8, 4) is 44.5 Å². The number of hydrogen-bond acceptors (Lipinski definition) is 3. The monoisotopic (exact) mass is 795 g/mol. The fourth-order valence-corrected chi connectivity index (χ4v) is 10.5. The first-order valence-corrected chi connectivity index (χ1v) is 21.6. The Morgan fingerprint density at radius 3 is 1.51 bits per heavy atom. The summed E-state index contributed by atoms with van der Waals surface area (Å²) in [5, 5.41) is 7.17. The predicted molar refractivity (Wildman–Crippen MR) is 261 cm³/mol. The average Bonchev–Trinajstić information content (AvgIpc) is 3.92. The van der Waals surface area contributed by atoms with Crippen molar-refractivity contribution in [2.75, 3.05) is 4.90 Å². The second kappa shape index (κ2) is 14.5. The molecule has 0 saturated carbocycles. The van der Waals surface area contributed by atoms with Gasteiger partial charge in [0.25, 0.3) is 0 Å². The highest BCUT2D eigenvalue weighted by atomic mass is 32.1. The quantitative estimate of drug-likeness (QED) is 0.160. The van der Waals surface area contributed by atoms with Crippen LogP contribution in [-0.4, -0.2) is 0 Å². The van der Waals surface area contributed by atoms with Crippen LogP contribution >= 0.6 is 11.3 Å². The van der Waals surface area contributed by atoms with Gasteiger partial charge in [-0.05, 0) is 92.9 Å². The molecule has 2 nitrogen and oxygen atoms in total. The third-order valence-corrected chi connectivity index (χ3v) is 13.3. The Bertz CT molecular complexity index is 3550. The molecule has 0 radical (unpaired) electrons. The first-order valence-electron chi connectivity index (χ1n) is 20.7. The molecule has 12 aromatic rings. The molecule has 0 bridgehead atoms. The van der Waals surface area contributed by atoms with Crippen LogP contribution in [0, 0.1) is 0 Å². The summed E-state index contributed by atoms with van der Waals surface area (Å²) in [6.45, 7) is 0. The van der Waals surface area contributed by atoms with Gasteiger partial charge >= 0.3 is 0 Å². The Kier molecular flexibility index (Phi) is 8.39. The maximum absolute atomic E-state index is 6.71. The molecule has 0 atom stereocenters. The Morgan fingerprint density at radius 2 is 0.820 bits per heavy atom. The largest absolute Gasteiger partial charge is 0.455 e. The molecule has 0 spiro atoms. The number of anilines is 3. The van der Waals surface area contributed by atoms with Crippen LogP contribution in [0.5, 0.6) is 0 Å². The molecular weight excluding hydrogens is 759 g/mol. The molecule has 61 heavy (non-hydrogen) atoms. The molecule has 3 heteroatoms. The normalized spacial score (nSPS) is 11.6. The Hall–Kier alpha value is -7.72. The lowest BCUT2D eigenvalue weighted by atomic mass is 9.86. The molecule has 12 rings (SSSR count). The number of fused-ring (bicyclic) bond motifs is 8. The van der Waals surface area contributed by atoms with Crippen LogP contribution in [0.3, 0.4) is 0 Å². The van der Waals surface area contributed by atoms with E-state index in [0.717, 1.165) is 50.0 Å². The minimum atomic E-state index is 0.892. The number of thiophene rings is 1. The summed E-state index contributed by atoms with van der Waals surface area (Å²) < 4.78 is 9.35. The molecule has 2 heterocycles. The van der Waals surface area contributed by atoms with Gasteiger partial charge in [-0.3, -0.25) is 0 Å². The van der Waals surface area contributed by atoms with Gasteiger partial charge in [0.1, 0.15) is 11.2 Å². The average molecular weight is 796 g/mol. The Morgan fingerprint density at radius 1 is 0.328 bits per heavy atom. The summed E-state index contributed by atoms with van der Waals surface area (Å²) >= 11 is 1.87. The summed E-state index contributed by atoms with van der Waals surface area (Å²) in [7, 11) is 0. The Labute approximate surface area is 357 Å². The molecule has 2 aromatic heterocycles. The molecule has 0 aliphatic carbocycles. The van der Waals surface area contributed by atoms with Crippen molar-refractivity contribution in [1.29, 1.82) is 0 Å². The maximum atomic E-state index is 6.71. The van der Waals surface area contributed by atoms with E-state index < -0.39 is 0 Å². The van der Waals surface area contributed by atoms with E-state index in [1.165, 1.54) is 64.5 Å². The zero-order valence-corrected chi connectivity index (χ0v) is 33.9. The number of rotatable bonds is 7. The zero-order valence-electron chi connectivity index (χ0n) is 33.1. The van der Waals surface area contributed by atoms with E-state index in [0.29, 0.717) is 0 Å². The second-order valence-electron chi connectivity index (χ2n) is 15.6. The van der Waals surface area contributed by atoms with E-state index in [-0.39, 0.29) is 0 Å². The van der Waals surface area contributed by atoms with Crippen LogP contribution in [0.25, 0.3) is 97.4 Å². The van der Waals surface area contributed by atoms with Crippen molar-refractivity contribution >= 4 is 81.3 Å². The van der Waals surface area contributed by atoms with Gasteiger partial charge in [-0.2, -0.15) is 0 Å². The molecule has 0 unspecified atom stereocenters. The summed E-state index contributed by atoms with van der Waals surface area (Å²) in [4.78, 5) is 2.36. The van der Waals surface area contributed by atoms with Gasteiger partial charge in [0, 0.05) is 59.0 Å². The van der Waals surface area contributed by atoms with Crippen LogP contribution in [0.15, 0.2) is 229 Å².